The molecule has 0 bridgehead atoms. The molecule has 0 spiro atoms. The SMILES string of the molecule is CC(C)(C)c1c(Cl)c(Cl)cc(N)c1C#N. The minimum atomic E-state index is -0.263. The Kier molecular flexibility index (Phi) is 3.18. The van der Waals surface area contributed by atoms with Crippen LogP contribution in [0.2, 0.25) is 10.0 Å². The lowest BCUT2D eigenvalue weighted by molar-refractivity contribution is 0.589. The van der Waals surface area contributed by atoms with Crippen LogP contribution in [0.15, 0.2) is 6.07 Å². The summed E-state index contributed by atoms with van der Waals surface area (Å²) >= 11 is 12.0. The summed E-state index contributed by atoms with van der Waals surface area (Å²) < 4.78 is 0. The van der Waals surface area contributed by atoms with Crippen molar-refractivity contribution in [1.82, 2.24) is 0 Å². The molecule has 0 fully saturated rings. The summed E-state index contributed by atoms with van der Waals surface area (Å²) in [5.41, 5.74) is 6.96. The van der Waals surface area contributed by atoms with Crippen molar-refractivity contribution in [1.29, 1.82) is 5.26 Å². The Morgan fingerprint density at radius 2 is 1.87 bits per heavy atom. The topological polar surface area (TPSA) is 49.8 Å². The monoisotopic (exact) mass is 242 g/mol. The van der Waals surface area contributed by atoms with Crippen LogP contribution in [0.25, 0.3) is 0 Å². The summed E-state index contributed by atoms with van der Waals surface area (Å²) in [6.45, 7) is 5.89. The van der Waals surface area contributed by atoms with Gasteiger partial charge in [-0.25, -0.2) is 0 Å². The Balaban J connectivity index is 3.68. The van der Waals surface area contributed by atoms with E-state index in [0.29, 0.717) is 26.9 Å². The number of halogens is 2. The van der Waals surface area contributed by atoms with Gasteiger partial charge in [-0.15, -0.1) is 0 Å². The highest BCUT2D eigenvalue weighted by atomic mass is 35.5. The molecule has 0 amide bonds. The van der Waals surface area contributed by atoms with Gasteiger partial charge in [0.15, 0.2) is 0 Å². The lowest BCUT2D eigenvalue weighted by Gasteiger charge is -2.23. The number of rotatable bonds is 0. The Bertz CT molecular complexity index is 439. The van der Waals surface area contributed by atoms with Gasteiger partial charge in [0.1, 0.15) is 6.07 Å². The Hall–Kier alpha value is -0.910. The molecular weight excluding hydrogens is 231 g/mol. The molecule has 0 aromatic heterocycles. The fraction of sp³-hybridized carbons (Fsp3) is 0.364. The first-order valence-electron chi connectivity index (χ1n) is 4.47. The Labute approximate surface area is 99.6 Å². The molecule has 0 aliphatic heterocycles. The first-order valence-corrected chi connectivity index (χ1v) is 5.22. The van der Waals surface area contributed by atoms with Gasteiger partial charge in [0.25, 0.3) is 0 Å². The molecule has 80 valence electrons. The summed E-state index contributed by atoms with van der Waals surface area (Å²) in [6.07, 6.45) is 0. The summed E-state index contributed by atoms with van der Waals surface area (Å²) in [5.74, 6) is 0. The molecule has 0 aliphatic rings. The van der Waals surface area contributed by atoms with E-state index < -0.39 is 0 Å². The van der Waals surface area contributed by atoms with Gasteiger partial charge < -0.3 is 5.73 Å². The van der Waals surface area contributed by atoms with E-state index in [1.807, 2.05) is 20.8 Å². The van der Waals surface area contributed by atoms with Crippen LogP contribution >= 0.6 is 23.2 Å². The summed E-state index contributed by atoms with van der Waals surface area (Å²) in [5, 5.41) is 9.85. The molecule has 0 radical (unpaired) electrons. The van der Waals surface area contributed by atoms with Crippen LogP contribution in [-0.4, -0.2) is 0 Å². The van der Waals surface area contributed by atoms with Crippen LogP contribution in [0, 0.1) is 11.3 Å². The van der Waals surface area contributed by atoms with Crippen molar-refractivity contribution in [3.8, 4) is 6.07 Å². The van der Waals surface area contributed by atoms with E-state index in [-0.39, 0.29) is 5.41 Å². The molecule has 0 aliphatic carbocycles. The van der Waals surface area contributed by atoms with Crippen molar-refractivity contribution in [3.63, 3.8) is 0 Å². The first kappa shape index (κ1) is 12.2. The number of anilines is 1. The quantitative estimate of drug-likeness (QED) is 0.705. The number of nitrogen functional groups attached to an aromatic ring is 1. The van der Waals surface area contributed by atoms with Gasteiger partial charge in [-0.3, -0.25) is 0 Å². The average Bonchev–Trinajstić information content (AvgIpc) is 2.08. The van der Waals surface area contributed by atoms with E-state index in [1.54, 1.807) is 0 Å². The summed E-state index contributed by atoms with van der Waals surface area (Å²) in [6, 6.07) is 3.58. The van der Waals surface area contributed by atoms with Crippen LogP contribution in [0.5, 0.6) is 0 Å². The maximum atomic E-state index is 9.05. The fourth-order valence-corrected chi connectivity index (χ4v) is 2.11. The Morgan fingerprint density at radius 3 is 2.27 bits per heavy atom. The number of benzene rings is 1. The number of nitrogens with two attached hydrogens (primary N) is 1. The molecule has 0 saturated heterocycles. The van der Waals surface area contributed by atoms with Crippen LogP contribution < -0.4 is 5.73 Å². The molecule has 1 rings (SSSR count). The lowest BCUT2D eigenvalue weighted by atomic mass is 9.83. The maximum absolute atomic E-state index is 9.05. The van der Waals surface area contributed by atoms with Gasteiger partial charge in [0.05, 0.1) is 21.3 Å². The number of nitriles is 1. The first-order chi connectivity index (χ1) is 6.79. The van der Waals surface area contributed by atoms with E-state index in [1.165, 1.54) is 6.07 Å². The zero-order chi connectivity index (χ0) is 11.8. The maximum Gasteiger partial charge on any atom is 0.102 e. The van der Waals surface area contributed by atoms with E-state index in [0.717, 1.165) is 0 Å². The molecule has 1 aromatic carbocycles. The van der Waals surface area contributed by atoms with E-state index in [9.17, 15) is 0 Å². The number of nitrogens with zero attached hydrogens (tertiary/aromatic N) is 1. The van der Waals surface area contributed by atoms with Crippen LogP contribution in [0.4, 0.5) is 5.69 Å². The second kappa shape index (κ2) is 3.92. The van der Waals surface area contributed by atoms with Crippen molar-refractivity contribution in [3.05, 3.63) is 27.2 Å². The van der Waals surface area contributed by atoms with Gasteiger partial charge in [-0.2, -0.15) is 5.26 Å². The largest absolute Gasteiger partial charge is 0.398 e. The minimum absolute atomic E-state index is 0.263. The highest BCUT2D eigenvalue weighted by Crippen LogP contribution is 2.39. The van der Waals surface area contributed by atoms with Crippen molar-refractivity contribution >= 4 is 28.9 Å². The molecule has 0 atom stereocenters. The third kappa shape index (κ3) is 2.19. The second-order valence-electron chi connectivity index (χ2n) is 4.37. The number of hydrogen-bond acceptors (Lipinski definition) is 2. The molecular formula is C11H12Cl2N2. The Morgan fingerprint density at radius 1 is 1.33 bits per heavy atom. The van der Waals surface area contributed by atoms with E-state index in [4.69, 9.17) is 34.2 Å². The van der Waals surface area contributed by atoms with Gasteiger partial charge in [0.2, 0.25) is 0 Å². The molecule has 2 N–H and O–H groups in total. The van der Waals surface area contributed by atoms with Crippen LogP contribution in [-0.2, 0) is 5.41 Å². The predicted molar refractivity (Wildman–Crippen MR) is 64.3 cm³/mol. The van der Waals surface area contributed by atoms with E-state index in [2.05, 4.69) is 6.07 Å². The van der Waals surface area contributed by atoms with Crippen LogP contribution in [0.3, 0.4) is 0 Å². The third-order valence-electron chi connectivity index (χ3n) is 2.11. The predicted octanol–water partition coefficient (Wildman–Crippen LogP) is 3.74. The summed E-state index contributed by atoms with van der Waals surface area (Å²) in [4.78, 5) is 0. The summed E-state index contributed by atoms with van der Waals surface area (Å²) in [7, 11) is 0. The van der Waals surface area contributed by atoms with Crippen LogP contribution in [0.1, 0.15) is 31.9 Å². The van der Waals surface area contributed by atoms with Gasteiger partial charge in [0, 0.05) is 0 Å². The molecule has 0 heterocycles. The minimum Gasteiger partial charge on any atom is -0.398 e. The molecule has 0 saturated carbocycles. The molecule has 2 nitrogen and oxygen atoms in total. The molecule has 4 heteroatoms. The lowest BCUT2D eigenvalue weighted by Crippen LogP contribution is -2.15. The van der Waals surface area contributed by atoms with Crippen molar-refractivity contribution in [2.24, 2.45) is 0 Å². The van der Waals surface area contributed by atoms with Crippen molar-refractivity contribution in [2.45, 2.75) is 26.2 Å². The third-order valence-corrected chi connectivity index (χ3v) is 2.90. The smallest absolute Gasteiger partial charge is 0.102 e. The van der Waals surface area contributed by atoms with Crippen molar-refractivity contribution < 1.29 is 0 Å². The molecule has 0 unspecified atom stereocenters. The zero-order valence-corrected chi connectivity index (χ0v) is 10.4. The highest BCUT2D eigenvalue weighted by Gasteiger charge is 2.25. The molecule has 15 heavy (non-hydrogen) atoms. The van der Waals surface area contributed by atoms with Gasteiger partial charge in [-0.05, 0) is 17.0 Å². The molecule has 1 aromatic rings. The second-order valence-corrected chi connectivity index (χ2v) is 5.16. The standard InChI is InChI=1S/C11H12Cl2N2/c1-11(2,3)9-6(5-14)8(15)4-7(12)10(9)13/h4H,15H2,1-3H3. The number of hydrogen-bond donors (Lipinski definition) is 1. The van der Waals surface area contributed by atoms with Crippen molar-refractivity contribution in [2.75, 3.05) is 5.73 Å². The highest BCUT2D eigenvalue weighted by molar-refractivity contribution is 6.43. The van der Waals surface area contributed by atoms with Gasteiger partial charge in [-0.1, -0.05) is 44.0 Å². The fourth-order valence-electron chi connectivity index (χ4n) is 1.47. The zero-order valence-electron chi connectivity index (χ0n) is 8.86. The average molecular weight is 243 g/mol. The van der Waals surface area contributed by atoms with E-state index >= 15 is 0 Å². The van der Waals surface area contributed by atoms with Gasteiger partial charge >= 0.3 is 0 Å². The normalized spacial score (nSPS) is 11.2.